The second kappa shape index (κ2) is 8.22. The molecule has 2 amide bonds. The van der Waals surface area contributed by atoms with Crippen molar-refractivity contribution in [2.45, 2.75) is 26.2 Å². The van der Waals surface area contributed by atoms with Gasteiger partial charge in [-0.1, -0.05) is 39.0 Å². The Morgan fingerprint density at radius 2 is 1.55 bits per heavy atom. The molecule has 0 aliphatic carbocycles. The molecular formula is C23H22FN3O2. The Hall–Kier alpha value is -3.54. The summed E-state index contributed by atoms with van der Waals surface area (Å²) >= 11 is 0. The van der Waals surface area contributed by atoms with Gasteiger partial charge in [0.1, 0.15) is 11.5 Å². The smallest absolute Gasteiger partial charge is 0.274 e. The van der Waals surface area contributed by atoms with Crippen LogP contribution in [0.2, 0.25) is 0 Å². The molecule has 3 aromatic rings. The average Bonchev–Trinajstić information content (AvgIpc) is 2.68. The van der Waals surface area contributed by atoms with Crippen molar-refractivity contribution in [2.24, 2.45) is 0 Å². The van der Waals surface area contributed by atoms with Crippen LogP contribution in [-0.4, -0.2) is 16.8 Å². The van der Waals surface area contributed by atoms with E-state index in [1.807, 2.05) is 24.3 Å². The van der Waals surface area contributed by atoms with Crippen LogP contribution >= 0.6 is 0 Å². The van der Waals surface area contributed by atoms with Crippen LogP contribution in [0.3, 0.4) is 0 Å². The predicted molar refractivity (Wildman–Crippen MR) is 112 cm³/mol. The molecule has 0 saturated carbocycles. The van der Waals surface area contributed by atoms with Crippen LogP contribution in [0.15, 0.2) is 66.9 Å². The van der Waals surface area contributed by atoms with Crippen molar-refractivity contribution in [2.75, 3.05) is 10.6 Å². The molecule has 0 aliphatic rings. The lowest BCUT2D eigenvalue weighted by Crippen LogP contribution is -2.17. The first-order valence-electron chi connectivity index (χ1n) is 9.17. The van der Waals surface area contributed by atoms with Crippen molar-refractivity contribution >= 4 is 23.2 Å². The summed E-state index contributed by atoms with van der Waals surface area (Å²) in [7, 11) is 0. The van der Waals surface area contributed by atoms with Crippen molar-refractivity contribution in [3.05, 3.63) is 89.5 Å². The lowest BCUT2D eigenvalue weighted by atomic mass is 9.87. The second-order valence-electron chi connectivity index (χ2n) is 7.68. The summed E-state index contributed by atoms with van der Waals surface area (Å²) in [6.45, 7) is 6.36. The minimum atomic E-state index is -0.528. The Morgan fingerprint density at radius 3 is 2.21 bits per heavy atom. The van der Waals surface area contributed by atoms with Gasteiger partial charge in [0.15, 0.2) is 0 Å². The van der Waals surface area contributed by atoms with E-state index in [9.17, 15) is 14.0 Å². The van der Waals surface area contributed by atoms with Gasteiger partial charge in [-0.05, 0) is 53.4 Å². The van der Waals surface area contributed by atoms with Crippen LogP contribution in [0.5, 0.6) is 0 Å². The van der Waals surface area contributed by atoms with Crippen LogP contribution in [-0.2, 0) is 5.41 Å². The topological polar surface area (TPSA) is 71.1 Å². The summed E-state index contributed by atoms with van der Waals surface area (Å²) in [5, 5.41) is 5.37. The van der Waals surface area contributed by atoms with E-state index in [1.54, 1.807) is 6.07 Å². The molecule has 6 heteroatoms. The molecule has 29 heavy (non-hydrogen) atoms. The van der Waals surface area contributed by atoms with Crippen molar-refractivity contribution in [1.82, 2.24) is 4.98 Å². The van der Waals surface area contributed by atoms with Crippen molar-refractivity contribution in [1.29, 1.82) is 0 Å². The van der Waals surface area contributed by atoms with E-state index < -0.39 is 11.7 Å². The fourth-order valence-corrected chi connectivity index (χ4v) is 2.71. The molecule has 148 valence electrons. The molecular weight excluding hydrogens is 369 g/mol. The van der Waals surface area contributed by atoms with Crippen LogP contribution in [0, 0.1) is 5.82 Å². The lowest BCUT2D eigenvalue weighted by Gasteiger charge is -2.19. The normalized spacial score (nSPS) is 11.0. The third-order valence-electron chi connectivity index (χ3n) is 4.35. The van der Waals surface area contributed by atoms with Gasteiger partial charge in [0.2, 0.25) is 0 Å². The fourth-order valence-electron chi connectivity index (χ4n) is 2.71. The maximum atomic E-state index is 13.3. The van der Waals surface area contributed by atoms with Gasteiger partial charge in [-0.2, -0.15) is 0 Å². The van der Waals surface area contributed by atoms with E-state index >= 15 is 0 Å². The van der Waals surface area contributed by atoms with E-state index in [0.717, 1.165) is 5.56 Å². The second-order valence-corrected chi connectivity index (χ2v) is 7.68. The van der Waals surface area contributed by atoms with Crippen LogP contribution in [0.4, 0.5) is 15.8 Å². The number of amides is 2. The Labute approximate surface area is 169 Å². The number of carbonyl (C=O) groups excluding carboxylic acids is 2. The maximum Gasteiger partial charge on any atom is 0.274 e. The van der Waals surface area contributed by atoms with Gasteiger partial charge < -0.3 is 10.6 Å². The molecule has 3 rings (SSSR count). The Bertz CT molecular complexity index is 1040. The highest BCUT2D eigenvalue weighted by atomic mass is 19.1. The van der Waals surface area contributed by atoms with E-state index in [-0.39, 0.29) is 17.0 Å². The van der Waals surface area contributed by atoms with Gasteiger partial charge in [-0.25, -0.2) is 4.39 Å². The van der Waals surface area contributed by atoms with Gasteiger partial charge in [0.25, 0.3) is 11.8 Å². The fraction of sp³-hybridized carbons (Fsp3) is 0.174. The highest BCUT2D eigenvalue weighted by Crippen LogP contribution is 2.23. The molecule has 0 fully saturated rings. The number of benzene rings is 2. The van der Waals surface area contributed by atoms with Crippen LogP contribution < -0.4 is 10.6 Å². The van der Waals surface area contributed by atoms with Crippen molar-refractivity contribution in [3.63, 3.8) is 0 Å². The molecule has 0 radical (unpaired) electrons. The molecule has 2 aromatic carbocycles. The lowest BCUT2D eigenvalue weighted by molar-refractivity contribution is 0.102. The molecule has 0 bridgehead atoms. The van der Waals surface area contributed by atoms with E-state index in [4.69, 9.17) is 0 Å². The number of rotatable bonds is 4. The third-order valence-corrected chi connectivity index (χ3v) is 4.35. The molecule has 0 aliphatic heterocycles. The molecule has 0 spiro atoms. The first-order chi connectivity index (χ1) is 13.7. The summed E-state index contributed by atoms with van der Waals surface area (Å²) in [5.74, 6) is -1.34. The molecule has 0 atom stereocenters. The largest absolute Gasteiger partial charge is 0.322 e. The maximum absolute atomic E-state index is 13.3. The number of hydrogen-bond donors (Lipinski definition) is 2. The first kappa shape index (κ1) is 20.2. The molecule has 2 N–H and O–H groups in total. The van der Waals surface area contributed by atoms with Gasteiger partial charge >= 0.3 is 0 Å². The number of nitrogens with one attached hydrogen (secondary N) is 2. The number of hydrogen-bond acceptors (Lipinski definition) is 3. The molecule has 5 nitrogen and oxygen atoms in total. The Balaban J connectivity index is 1.71. The Kier molecular flexibility index (Phi) is 5.73. The van der Waals surface area contributed by atoms with E-state index in [2.05, 4.69) is 36.4 Å². The number of carbonyl (C=O) groups is 2. The van der Waals surface area contributed by atoms with Gasteiger partial charge in [-0.3, -0.25) is 14.6 Å². The number of aromatic nitrogens is 1. The highest BCUT2D eigenvalue weighted by Gasteiger charge is 2.15. The summed E-state index contributed by atoms with van der Waals surface area (Å²) in [6.07, 6.45) is 1.39. The predicted octanol–water partition coefficient (Wildman–Crippen LogP) is 5.02. The summed E-state index contributed by atoms with van der Waals surface area (Å²) in [4.78, 5) is 28.9. The minimum absolute atomic E-state index is 0.0254. The molecule has 0 unspecified atom stereocenters. The molecule has 1 heterocycles. The van der Waals surface area contributed by atoms with Crippen LogP contribution in [0.25, 0.3) is 0 Å². The molecule has 1 aromatic heterocycles. The zero-order chi connectivity index (χ0) is 21.0. The quantitative estimate of drug-likeness (QED) is 0.656. The minimum Gasteiger partial charge on any atom is -0.322 e. The summed E-state index contributed by atoms with van der Waals surface area (Å²) in [5.41, 5.74) is 2.51. The first-order valence-corrected chi connectivity index (χ1v) is 9.17. The number of pyridine rings is 1. The van der Waals surface area contributed by atoms with Gasteiger partial charge in [0, 0.05) is 23.1 Å². The van der Waals surface area contributed by atoms with Gasteiger partial charge in [-0.15, -0.1) is 0 Å². The SMILES string of the molecule is CC(C)(C)c1ccc(NC(=O)c2ccnc(C(=O)Nc3cccc(F)c3)c2)cc1. The zero-order valence-corrected chi connectivity index (χ0v) is 16.5. The van der Waals surface area contributed by atoms with Crippen molar-refractivity contribution < 1.29 is 14.0 Å². The third kappa shape index (κ3) is 5.25. The number of nitrogens with zero attached hydrogens (tertiary/aromatic N) is 1. The monoisotopic (exact) mass is 391 g/mol. The summed E-state index contributed by atoms with van der Waals surface area (Å²) in [6, 6.07) is 16.1. The number of halogens is 1. The van der Waals surface area contributed by atoms with E-state index in [1.165, 1.54) is 36.5 Å². The van der Waals surface area contributed by atoms with Gasteiger partial charge in [0.05, 0.1) is 0 Å². The highest BCUT2D eigenvalue weighted by molar-refractivity contribution is 6.07. The standard InChI is InChI=1S/C23H22FN3O2/c1-23(2,3)16-7-9-18(10-8-16)26-21(28)15-11-12-25-20(13-15)22(29)27-19-6-4-5-17(24)14-19/h4-14H,1-3H3,(H,26,28)(H,27,29). The molecule has 0 saturated heterocycles. The summed E-state index contributed by atoms with van der Waals surface area (Å²) < 4.78 is 13.3. The van der Waals surface area contributed by atoms with Crippen molar-refractivity contribution in [3.8, 4) is 0 Å². The number of anilines is 2. The zero-order valence-electron chi connectivity index (χ0n) is 16.5. The Morgan fingerprint density at radius 1 is 0.862 bits per heavy atom. The van der Waals surface area contributed by atoms with Crippen LogP contribution in [0.1, 0.15) is 47.2 Å². The van der Waals surface area contributed by atoms with E-state index in [0.29, 0.717) is 16.9 Å². The average molecular weight is 391 g/mol.